The molecule has 2 aliphatic heterocycles. The van der Waals surface area contributed by atoms with Gasteiger partial charge < -0.3 is 19.7 Å². The number of hydrogen-bond donors (Lipinski definition) is 1. The number of likely N-dealkylation sites (tertiary alicyclic amines) is 1. The molecule has 1 N–H and O–H groups in total. The summed E-state index contributed by atoms with van der Waals surface area (Å²) in [6.45, 7) is 4.41. The predicted molar refractivity (Wildman–Crippen MR) is 159 cm³/mol. The number of fused-ring (bicyclic) bond motifs is 1. The van der Waals surface area contributed by atoms with Crippen LogP contribution in [-0.4, -0.2) is 36.7 Å². The van der Waals surface area contributed by atoms with E-state index in [2.05, 4.69) is 29.6 Å². The minimum absolute atomic E-state index is 0.0661. The van der Waals surface area contributed by atoms with Crippen LogP contribution in [0.25, 0.3) is 0 Å². The molecule has 3 amide bonds. The Morgan fingerprint density at radius 1 is 0.902 bits per heavy atom. The van der Waals surface area contributed by atoms with Crippen molar-refractivity contribution in [3.05, 3.63) is 89.5 Å². The molecular formula is C34H39N3O4. The third-order valence-electron chi connectivity index (χ3n) is 8.78. The van der Waals surface area contributed by atoms with Crippen molar-refractivity contribution < 1.29 is 19.1 Å². The zero-order valence-corrected chi connectivity index (χ0v) is 23.8. The van der Waals surface area contributed by atoms with Crippen molar-refractivity contribution in [3.8, 4) is 11.5 Å². The van der Waals surface area contributed by atoms with Gasteiger partial charge in [-0.05, 0) is 79.5 Å². The summed E-state index contributed by atoms with van der Waals surface area (Å²) >= 11 is 0. The molecule has 2 fully saturated rings. The molecule has 3 aliphatic rings. The van der Waals surface area contributed by atoms with Crippen molar-refractivity contribution in [2.45, 2.75) is 64.0 Å². The van der Waals surface area contributed by atoms with E-state index in [1.165, 1.54) is 5.56 Å². The van der Waals surface area contributed by atoms with Gasteiger partial charge >= 0.3 is 6.03 Å². The average Bonchev–Trinajstić information content (AvgIpc) is 3.73. The van der Waals surface area contributed by atoms with Crippen molar-refractivity contribution >= 4 is 17.6 Å². The van der Waals surface area contributed by atoms with E-state index in [0.717, 1.165) is 79.9 Å². The highest BCUT2D eigenvalue weighted by Gasteiger charge is 2.33. The maximum Gasteiger partial charge on any atom is 0.324 e. The van der Waals surface area contributed by atoms with Gasteiger partial charge in [-0.2, -0.15) is 0 Å². The number of amides is 3. The topological polar surface area (TPSA) is 71.1 Å². The van der Waals surface area contributed by atoms with Gasteiger partial charge in [-0.3, -0.25) is 9.69 Å². The Balaban J connectivity index is 1.14. The van der Waals surface area contributed by atoms with E-state index in [9.17, 15) is 9.59 Å². The largest absolute Gasteiger partial charge is 0.454 e. The molecule has 0 radical (unpaired) electrons. The molecule has 214 valence electrons. The molecule has 1 aliphatic carbocycles. The van der Waals surface area contributed by atoms with Crippen molar-refractivity contribution in [1.82, 2.24) is 10.2 Å². The first-order valence-electron chi connectivity index (χ1n) is 15.0. The summed E-state index contributed by atoms with van der Waals surface area (Å²) in [5, 5.41) is 3.27. The lowest BCUT2D eigenvalue weighted by atomic mass is 9.74. The van der Waals surface area contributed by atoms with Gasteiger partial charge in [0.15, 0.2) is 11.5 Å². The van der Waals surface area contributed by atoms with Crippen LogP contribution >= 0.6 is 0 Å². The molecule has 7 nitrogen and oxygen atoms in total. The highest BCUT2D eigenvalue weighted by Crippen LogP contribution is 2.39. The number of anilines is 1. The molecule has 6 rings (SSSR count). The van der Waals surface area contributed by atoms with Gasteiger partial charge in [0.05, 0.1) is 12.6 Å². The second-order valence-corrected chi connectivity index (χ2v) is 11.5. The van der Waals surface area contributed by atoms with E-state index in [1.807, 2.05) is 65.3 Å². The van der Waals surface area contributed by atoms with Gasteiger partial charge in [0.1, 0.15) is 0 Å². The second-order valence-electron chi connectivity index (χ2n) is 11.5. The maximum absolute atomic E-state index is 13.6. The summed E-state index contributed by atoms with van der Waals surface area (Å²) in [5.74, 6) is 1.69. The number of ether oxygens (including phenoxy) is 2. The number of carbonyl (C=O) groups excluding carboxylic acids is 2. The van der Waals surface area contributed by atoms with Crippen LogP contribution in [0.5, 0.6) is 11.5 Å². The van der Waals surface area contributed by atoms with E-state index in [0.29, 0.717) is 6.54 Å². The predicted octanol–water partition coefficient (Wildman–Crippen LogP) is 6.79. The zero-order chi connectivity index (χ0) is 28.2. The molecule has 3 atom stereocenters. The lowest BCUT2D eigenvalue weighted by molar-refractivity contribution is -0.127. The van der Waals surface area contributed by atoms with Crippen LogP contribution in [0.15, 0.2) is 72.8 Å². The number of para-hydroxylation sites is 1. The fourth-order valence-electron chi connectivity index (χ4n) is 6.44. The molecule has 7 heteroatoms. The molecule has 2 heterocycles. The van der Waals surface area contributed by atoms with Crippen molar-refractivity contribution in [1.29, 1.82) is 0 Å². The number of hydrogen-bond acceptors (Lipinski definition) is 4. The maximum atomic E-state index is 13.6. The third-order valence-corrected chi connectivity index (χ3v) is 8.78. The Bertz CT molecular complexity index is 1350. The first kappa shape index (κ1) is 27.2. The Morgan fingerprint density at radius 2 is 1.63 bits per heavy atom. The van der Waals surface area contributed by atoms with E-state index < -0.39 is 0 Å². The summed E-state index contributed by atoms with van der Waals surface area (Å²) < 4.78 is 11.0. The van der Waals surface area contributed by atoms with Crippen molar-refractivity contribution in [3.63, 3.8) is 0 Å². The van der Waals surface area contributed by atoms with Crippen molar-refractivity contribution in [2.75, 3.05) is 24.8 Å². The number of nitrogens with one attached hydrogen (secondary N) is 1. The monoisotopic (exact) mass is 553 g/mol. The fraction of sp³-hybridized carbons (Fsp3) is 0.412. The second kappa shape index (κ2) is 12.2. The van der Waals surface area contributed by atoms with Gasteiger partial charge in [0.2, 0.25) is 12.7 Å². The van der Waals surface area contributed by atoms with Crippen LogP contribution in [0.2, 0.25) is 0 Å². The van der Waals surface area contributed by atoms with Crippen LogP contribution < -0.4 is 19.7 Å². The summed E-state index contributed by atoms with van der Waals surface area (Å²) in [6, 6.07) is 24.3. The number of benzene rings is 3. The summed E-state index contributed by atoms with van der Waals surface area (Å²) in [4.78, 5) is 30.8. The first-order chi connectivity index (χ1) is 20.1. The molecular weight excluding hydrogens is 514 g/mol. The lowest BCUT2D eigenvalue weighted by Crippen LogP contribution is -2.41. The molecule has 0 aromatic heterocycles. The Hall–Kier alpha value is -4.00. The SMILES string of the molecule is CC(NC(=O)[C@H]1CCCC[C@@H]1c1ccc(CN(C(=O)N2CCCC2)c2ccccc2)cc1)c1ccc2c(c1)OCO2. The van der Waals surface area contributed by atoms with E-state index in [1.54, 1.807) is 0 Å². The highest BCUT2D eigenvalue weighted by molar-refractivity contribution is 5.92. The molecule has 41 heavy (non-hydrogen) atoms. The molecule has 1 saturated heterocycles. The number of carbonyl (C=O) groups is 2. The first-order valence-corrected chi connectivity index (χ1v) is 15.0. The van der Waals surface area contributed by atoms with Gasteiger partial charge in [-0.25, -0.2) is 4.79 Å². The zero-order valence-electron chi connectivity index (χ0n) is 23.8. The number of nitrogens with zero attached hydrogens (tertiary/aromatic N) is 2. The van der Waals surface area contributed by atoms with Gasteiger partial charge in [-0.1, -0.05) is 61.4 Å². The fourth-order valence-corrected chi connectivity index (χ4v) is 6.44. The average molecular weight is 554 g/mol. The third kappa shape index (κ3) is 6.04. The Kier molecular flexibility index (Phi) is 8.12. The van der Waals surface area contributed by atoms with E-state index in [-0.39, 0.29) is 36.6 Å². The normalized spacial score (nSPS) is 20.5. The van der Waals surface area contributed by atoms with Gasteiger partial charge in [-0.15, -0.1) is 0 Å². The molecule has 1 saturated carbocycles. The Morgan fingerprint density at radius 3 is 2.41 bits per heavy atom. The van der Waals surface area contributed by atoms with Crippen molar-refractivity contribution in [2.24, 2.45) is 5.92 Å². The Labute approximate surface area is 242 Å². The van der Waals surface area contributed by atoms with Crippen LogP contribution in [0, 0.1) is 5.92 Å². The molecule has 0 spiro atoms. The molecule has 3 aromatic carbocycles. The minimum Gasteiger partial charge on any atom is -0.454 e. The highest BCUT2D eigenvalue weighted by atomic mass is 16.7. The number of rotatable bonds is 7. The number of urea groups is 1. The molecule has 1 unspecified atom stereocenters. The summed E-state index contributed by atoms with van der Waals surface area (Å²) in [7, 11) is 0. The van der Waals surface area contributed by atoms with Gasteiger partial charge in [0.25, 0.3) is 0 Å². The van der Waals surface area contributed by atoms with E-state index >= 15 is 0 Å². The van der Waals surface area contributed by atoms with Crippen LogP contribution in [0.1, 0.15) is 74.1 Å². The van der Waals surface area contributed by atoms with Gasteiger partial charge in [0, 0.05) is 24.7 Å². The minimum atomic E-state index is -0.126. The van der Waals surface area contributed by atoms with E-state index in [4.69, 9.17) is 9.47 Å². The standard InChI is InChI=1S/C34H39N3O4/c1-24(27-17-18-31-32(21-27)41-23-40-31)35-33(38)30-12-6-5-11-29(30)26-15-13-25(14-16-26)22-37(28-9-3-2-4-10-28)34(39)36-19-7-8-20-36/h2-4,9-10,13-18,21,24,29-30H,5-8,11-12,19-20,22-23H2,1H3,(H,35,38)/t24?,29-,30+/m1/s1. The van der Waals surface area contributed by atoms with Crippen LogP contribution in [0.3, 0.4) is 0 Å². The van der Waals surface area contributed by atoms with Crippen LogP contribution in [-0.2, 0) is 11.3 Å². The molecule has 0 bridgehead atoms. The lowest BCUT2D eigenvalue weighted by Gasteiger charge is -2.32. The summed E-state index contributed by atoms with van der Waals surface area (Å²) in [6.07, 6.45) is 6.21. The smallest absolute Gasteiger partial charge is 0.324 e. The molecule has 3 aromatic rings. The van der Waals surface area contributed by atoms with Crippen LogP contribution in [0.4, 0.5) is 10.5 Å². The summed E-state index contributed by atoms with van der Waals surface area (Å²) in [5.41, 5.74) is 4.19. The quantitative estimate of drug-likeness (QED) is 0.350.